The first-order valence-electron chi connectivity index (χ1n) is 8.51. The average Bonchev–Trinajstić information content (AvgIpc) is 3.12. The highest BCUT2D eigenvalue weighted by atomic mass is 35.5. The van der Waals surface area contributed by atoms with Crippen LogP contribution < -0.4 is 10.6 Å². The fourth-order valence-electron chi connectivity index (χ4n) is 2.53. The zero-order chi connectivity index (χ0) is 20.8. The van der Waals surface area contributed by atoms with Crippen LogP contribution in [-0.2, 0) is 17.6 Å². The predicted molar refractivity (Wildman–Crippen MR) is 102 cm³/mol. The van der Waals surface area contributed by atoms with Crippen LogP contribution in [0.4, 0.5) is 14.9 Å². The predicted octanol–water partition coefficient (Wildman–Crippen LogP) is 3.59. The molecular formula is C19H16ClFN4O4. The molecule has 3 rings (SSSR count). The number of urea groups is 1. The fraction of sp³-hybridized carbons (Fsp3) is 0.158. The first kappa shape index (κ1) is 20.3. The van der Waals surface area contributed by atoms with E-state index in [-0.39, 0.29) is 11.7 Å². The van der Waals surface area contributed by atoms with Crippen molar-refractivity contribution in [3.05, 3.63) is 76.6 Å². The fourth-order valence-corrected chi connectivity index (χ4v) is 2.66. The Hall–Kier alpha value is -3.46. The van der Waals surface area contributed by atoms with Crippen molar-refractivity contribution in [2.24, 2.45) is 0 Å². The number of rotatable bonds is 7. The molecule has 150 valence electrons. The molecule has 0 aliphatic rings. The molecule has 29 heavy (non-hydrogen) atoms. The molecule has 1 heterocycles. The van der Waals surface area contributed by atoms with Crippen molar-refractivity contribution in [1.82, 2.24) is 15.5 Å². The van der Waals surface area contributed by atoms with Crippen LogP contribution in [-0.4, -0.2) is 27.2 Å². The quantitative estimate of drug-likeness (QED) is 0.539. The van der Waals surface area contributed by atoms with Crippen molar-refractivity contribution >= 4 is 29.3 Å². The maximum absolute atomic E-state index is 13.0. The van der Waals surface area contributed by atoms with E-state index in [1.165, 1.54) is 24.3 Å². The van der Waals surface area contributed by atoms with Crippen molar-refractivity contribution in [3.63, 3.8) is 0 Å². The third-order valence-electron chi connectivity index (χ3n) is 3.86. The number of benzene rings is 2. The molecule has 1 aromatic heterocycles. The summed E-state index contributed by atoms with van der Waals surface area (Å²) in [6, 6.07) is 11.0. The van der Waals surface area contributed by atoms with E-state index in [0.29, 0.717) is 17.1 Å². The number of nitrogens with one attached hydrogen (secondary N) is 2. The molecule has 8 nitrogen and oxygen atoms in total. The van der Waals surface area contributed by atoms with E-state index in [1.54, 1.807) is 24.3 Å². The zero-order valence-corrected chi connectivity index (χ0v) is 15.7. The van der Waals surface area contributed by atoms with Gasteiger partial charge in [0.05, 0.1) is 6.04 Å². The minimum Gasteiger partial charge on any atom is -0.481 e. The lowest BCUT2D eigenvalue weighted by Crippen LogP contribution is -2.34. The zero-order valence-electron chi connectivity index (χ0n) is 14.9. The summed E-state index contributed by atoms with van der Waals surface area (Å²) in [5.41, 5.74) is 1.24. The van der Waals surface area contributed by atoms with Gasteiger partial charge in [-0.1, -0.05) is 28.9 Å². The topological polar surface area (TPSA) is 117 Å². The number of aliphatic carboxylic acids is 1. The van der Waals surface area contributed by atoms with Gasteiger partial charge in [-0.25, -0.2) is 9.18 Å². The summed E-state index contributed by atoms with van der Waals surface area (Å²) in [6.07, 6.45) is -0.123. The molecule has 0 spiro atoms. The maximum Gasteiger partial charge on any atom is 0.319 e. The molecule has 2 amide bonds. The van der Waals surface area contributed by atoms with Crippen molar-refractivity contribution in [2.45, 2.75) is 18.9 Å². The molecule has 0 saturated carbocycles. The molecule has 3 N–H and O–H groups in total. The van der Waals surface area contributed by atoms with Crippen molar-refractivity contribution in [3.8, 4) is 0 Å². The van der Waals surface area contributed by atoms with Gasteiger partial charge in [0.1, 0.15) is 12.2 Å². The molecule has 1 atom stereocenters. The molecule has 10 heteroatoms. The van der Waals surface area contributed by atoms with Crippen LogP contribution in [0, 0.1) is 5.82 Å². The van der Waals surface area contributed by atoms with E-state index in [2.05, 4.69) is 20.8 Å². The van der Waals surface area contributed by atoms with Crippen molar-refractivity contribution in [2.75, 3.05) is 5.32 Å². The summed E-state index contributed by atoms with van der Waals surface area (Å²) >= 11 is 5.90. The largest absolute Gasteiger partial charge is 0.481 e. The number of halogens is 2. The van der Waals surface area contributed by atoms with Crippen LogP contribution in [0.5, 0.6) is 0 Å². The third kappa shape index (κ3) is 6.01. The summed E-state index contributed by atoms with van der Waals surface area (Å²) in [7, 11) is 0. The number of carboxylic acid groups (broad SMARTS) is 1. The van der Waals surface area contributed by atoms with Gasteiger partial charge in [0.2, 0.25) is 5.89 Å². The number of aromatic nitrogens is 2. The number of hydrogen-bond donors (Lipinski definition) is 3. The summed E-state index contributed by atoms with van der Waals surface area (Å²) in [4.78, 5) is 27.3. The molecule has 0 aliphatic carbocycles. The van der Waals surface area contributed by atoms with Gasteiger partial charge < -0.3 is 20.3 Å². The number of anilines is 1. The number of nitrogens with zero attached hydrogens (tertiary/aromatic N) is 2. The van der Waals surface area contributed by atoms with E-state index in [4.69, 9.17) is 21.2 Å². The highest BCUT2D eigenvalue weighted by Gasteiger charge is 2.22. The van der Waals surface area contributed by atoms with E-state index in [0.717, 1.165) is 5.56 Å². The number of carboxylic acids is 1. The minimum absolute atomic E-state index is 0.0747. The highest BCUT2D eigenvalue weighted by molar-refractivity contribution is 6.30. The molecule has 0 aliphatic heterocycles. The Morgan fingerprint density at radius 2 is 1.83 bits per heavy atom. The standard InChI is InChI=1S/C19H16ClFN4O4/c20-12-3-1-11(2-4-12)9-15(18-24-16(29-25-18)10-17(26)27)23-19(28)22-14-7-5-13(21)6-8-14/h1-8,15H,9-10H2,(H,26,27)(H2,22,23,28)/t15-/m0/s1. The highest BCUT2D eigenvalue weighted by Crippen LogP contribution is 2.19. The second-order valence-electron chi connectivity index (χ2n) is 6.11. The summed E-state index contributed by atoms with van der Waals surface area (Å²) in [5.74, 6) is -1.48. The van der Waals surface area contributed by atoms with Gasteiger partial charge in [-0.3, -0.25) is 4.79 Å². The van der Waals surface area contributed by atoms with Crippen LogP contribution >= 0.6 is 11.6 Å². The first-order chi connectivity index (χ1) is 13.9. The second-order valence-corrected chi connectivity index (χ2v) is 6.54. The molecule has 3 aromatic rings. The normalized spacial score (nSPS) is 11.7. The Labute approximate surface area is 169 Å². The summed E-state index contributed by atoms with van der Waals surface area (Å²) in [6.45, 7) is 0. The average molecular weight is 419 g/mol. The van der Waals surface area contributed by atoms with Crippen LogP contribution in [0.1, 0.15) is 23.3 Å². The van der Waals surface area contributed by atoms with Gasteiger partial charge in [-0.2, -0.15) is 4.98 Å². The molecule has 2 aromatic carbocycles. The molecule has 0 unspecified atom stereocenters. The van der Waals surface area contributed by atoms with Crippen LogP contribution in [0.3, 0.4) is 0 Å². The number of amides is 2. The van der Waals surface area contributed by atoms with E-state index < -0.39 is 30.3 Å². The summed E-state index contributed by atoms with van der Waals surface area (Å²) in [5, 5.41) is 18.5. The van der Waals surface area contributed by atoms with Gasteiger partial charge in [-0.05, 0) is 42.0 Å². The SMILES string of the molecule is O=C(O)Cc1nc([C@H](Cc2ccc(Cl)cc2)NC(=O)Nc2ccc(F)cc2)no1. The lowest BCUT2D eigenvalue weighted by Gasteiger charge is -2.16. The van der Waals surface area contributed by atoms with Crippen molar-refractivity contribution in [1.29, 1.82) is 0 Å². The van der Waals surface area contributed by atoms with Crippen LogP contribution in [0.15, 0.2) is 53.1 Å². The molecule has 0 bridgehead atoms. The lowest BCUT2D eigenvalue weighted by molar-refractivity contribution is -0.136. The first-order valence-corrected chi connectivity index (χ1v) is 8.88. The molecule has 0 saturated heterocycles. The lowest BCUT2D eigenvalue weighted by atomic mass is 10.1. The molecule has 0 fully saturated rings. The van der Waals surface area contributed by atoms with Crippen LogP contribution in [0.2, 0.25) is 5.02 Å². The third-order valence-corrected chi connectivity index (χ3v) is 4.11. The van der Waals surface area contributed by atoms with E-state index in [9.17, 15) is 14.0 Å². The number of carbonyl (C=O) groups excluding carboxylic acids is 1. The number of hydrogen-bond acceptors (Lipinski definition) is 5. The Bertz CT molecular complexity index is 992. The van der Waals surface area contributed by atoms with Gasteiger partial charge >= 0.3 is 12.0 Å². The van der Waals surface area contributed by atoms with E-state index in [1.807, 2.05) is 0 Å². The summed E-state index contributed by atoms with van der Waals surface area (Å²) < 4.78 is 18.0. The van der Waals surface area contributed by atoms with Crippen LogP contribution in [0.25, 0.3) is 0 Å². The smallest absolute Gasteiger partial charge is 0.319 e. The Morgan fingerprint density at radius 3 is 2.48 bits per heavy atom. The molecular weight excluding hydrogens is 403 g/mol. The maximum atomic E-state index is 13.0. The van der Waals surface area contributed by atoms with E-state index >= 15 is 0 Å². The van der Waals surface area contributed by atoms with Gasteiger partial charge in [0.25, 0.3) is 0 Å². The minimum atomic E-state index is -1.11. The van der Waals surface area contributed by atoms with Gasteiger partial charge in [0, 0.05) is 17.1 Å². The Balaban J connectivity index is 1.76. The van der Waals surface area contributed by atoms with Gasteiger partial charge in [-0.15, -0.1) is 0 Å². The monoisotopic (exact) mass is 418 g/mol. The number of carbonyl (C=O) groups is 2. The Kier molecular flexibility index (Phi) is 6.40. The Morgan fingerprint density at radius 1 is 1.14 bits per heavy atom. The molecule has 0 radical (unpaired) electrons. The van der Waals surface area contributed by atoms with Crippen molar-refractivity contribution < 1.29 is 23.6 Å². The second kappa shape index (κ2) is 9.16. The van der Waals surface area contributed by atoms with Gasteiger partial charge in [0.15, 0.2) is 5.82 Å².